The summed E-state index contributed by atoms with van der Waals surface area (Å²) in [6.45, 7) is 2.32. The Morgan fingerprint density at radius 1 is 1.09 bits per heavy atom. The van der Waals surface area contributed by atoms with Crippen molar-refractivity contribution in [3.8, 4) is 11.4 Å². The Bertz CT molecular complexity index is 843. The summed E-state index contributed by atoms with van der Waals surface area (Å²) in [6, 6.07) is 16.5. The number of hydrogen-bond acceptors (Lipinski definition) is 3. The molecule has 116 valence electrons. The van der Waals surface area contributed by atoms with Crippen LogP contribution in [0, 0.1) is 5.41 Å². The molecule has 3 aromatic rings. The van der Waals surface area contributed by atoms with Crippen LogP contribution < -0.4 is 10.1 Å². The number of para-hydroxylation sites is 1. The van der Waals surface area contributed by atoms with E-state index in [2.05, 4.69) is 40.7 Å². The third-order valence-corrected chi connectivity index (χ3v) is 5.17. The van der Waals surface area contributed by atoms with E-state index in [0.717, 1.165) is 35.4 Å². The van der Waals surface area contributed by atoms with Gasteiger partial charge in [-0.25, -0.2) is 4.68 Å². The fourth-order valence-corrected chi connectivity index (χ4v) is 3.80. The maximum absolute atomic E-state index is 6.18. The van der Waals surface area contributed by atoms with Gasteiger partial charge in [0.1, 0.15) is 5.75 Å². The predicted molar refractivity (Wildman–Crippen MR) is 90.0 cm³/mol. The van der Waals surface area contributed by atoms with Crippen LogP contribution in [0.25, 0.3) is 16.6 Å². The van der Waals surface area contributed by atoms with Crippen molar-refractivity contribution < 1.29 is 4.74 Å². The zero-order chi connectivity index (χ0) is 15.3. The molecule has 4 nitrogen and oxygen atoms in total. The Morgan fingerprint density at radius 2 is 1.91 bits per heavy atom. The van der Waals surface area contributed by atoms with Crippen molar-refractivity contribution in [3.05, 3.63) is 54.7 Å². The summed E-state index contributed by atoms with van der Waals surface area (Å²) in [5, 5.41) is 9.02. The largest absolute Gasteiger partial charge is 0.490 e. The van der Waals surface area contributed by atoms with Crippen LogP contribution in [-0.2, 0) is 0 Å². The van der Waals surface area contributed by atoms with Gasteiger partial charge in [-0.1, -0.05) is 18.2 Å². The second kappa shape index (κ2) is 4.83. The first kappa shape index (κ1) is 13.1. The van der Waals surface area contributed by atoms with E-state index in [-0.39, 0.29) is 0 Å². The average Bonchev–Trinajstić information content (AvgIpc) is 2.92. The number of benzene rings is 2. The van der Waals surface area contributed by atoms with Crippen LogP contribution in [0.4, 0.5) is 0 Å². The van der Waals surface area contributed by atoms with Crippen LogP contribution in [0.3, 0.4) is 0 Å². The van der Waals surface area contributed by atoms with E-state index in [4.69, 9.17) is 4.74 Å². The van der Waals surface area contributed by atoms with Crippen LogP contribution in [-0.4, -0.2) is 29.0 Å². The lowest BCUT2D eigenvalue weighted by atomic mass is 9.63. The molecule has 0 amide bonds. The Kier molecular flexibility index (Phi) is 2.76. The van der Waals surface area contributed by atoms with Crippen LogP contribution >= 0.6 is 0 Å². The van der Waals surface area contributed by atoms with Gasteiger partial charge in [0.2, 0.25) is 0 Å². The molecule has 0 atom stereocenters. The van der Waals surface area contributed by atoms with Crippen LogP contribution in [0.2, 0.25) is 0 Å². The number of ether oxygens (including phenoxy) is 1. The Balaban J connectivity index is 1.42. The SMILES string of the molecule is c1ccc(-n2ncc3ccc(OC4CC5(CNC5)C4)cc32)cc1. The van der Waals surface area contributed by atoms with Crippen molar-refractivity contribution in [2.75, 3.05) is 13.1 Å². The van der Waals surface area contributed by atoms with Gasteiger partial charge in [0.15, 0.2) is 0 Å². The van der Waals surface area contributed by atoms with E-state index in [9.17, 15) is 0 Å². The zero-order valence-electron chi connectivity index (χ0n) is 12.9. The van der Waals surface area contributed by atoms with Gasteiger partial charge >= 0.3 is 0 Å². The number of nitrogens with zero attached hydrogens (tertiary/aromatic N) is 2. The summed E-state index contributed by atoms with van der Waals surface area (Å²) in [4.78, 5) is 0. The maximum atomic E-state index is 6.18. The highest BCUT2D eigenvalue weighted by molar-refractivity contribution is 5.81. The fraction of sp³-hybridized carbons (Fsp3) is 0.316. The molecule has 2 heterocycles. The van der Waals surface area contributed by atoms with Crippen LogP contribution in [0.1, 0.15) is 12.8 Å². The van der Waals surface area contributed by atoms with Gasteiger partial charge in [-0.2, -0.15) is 5.10 Å². The van der Waals surface area contributed by atoms with E-state index in [1.165, 1.54) is 12.8 Å². The molecule has 1 aliphatic carbocycles. The molecule has 2 aromatic carbocycles. The lowest BCUT2D eigenvalue weighted by molar-refractivity contribution is -0.0494. The second-order valence-corrected chi connectivity index (χ2v) is 6.86. The van der Waals surface area contributed by atoms with E-state index in [1.807, 2.05) is 29.1 Å². The fourth-order valence-electron chi connectivity index (χ4n) is 3.80. The summed E-state index contributed by atoms with van der Waals surface area (Å²) in [5.74, 6) is 0.947. The molecule has 2 fully saturated rings. The summed E-state index contributed by atoms with van der Waals surface area (Å²) in [7, 11) is 0. The lowest BCUT2D eigenvalue weighted by Gasteiger charge is -2.53. The van der Waals surface area contributed by atoms with Gasteiger partial charge < -0.3 is 10.1 Å². The first-order valence-electron chi connectivity index (χ1n) is 8.22. The summed E-state index contributed by atoms with van der Waals surface area (Å²) >= 11 is 0. The van der Waals surface area contributed by atoms with Crippen LogP contribution in [0.15, 0.2) is 54.7 Å². The molecule has 0 bridgehead atoms. The van der Waals surface area contributed by atoms with E-state index < -0.39 is 0 Å². The number of nitrogens with one attached hydrogen (secondary N) is 1. The van der Waals surface area contributed by atoms with Crippen LogP contribution in [0.5, 0.6) is 5.75 Å². The van der Waals surface area contributed by atoms with Crippen molar-refractivity contribution in [2.45, 2.75) is 18.9 Å². The molecule has 4 heteroatoms. The quantitative estimate of drug-likeness (QED) is 0.808. The normalized spacial score (nSPS) is 19.5. The smallest absolute Gasteiger partial charge is 0.121 e. The van der Waals surface area contributed by atoms with Crippen molar-refractivity contribution in [3.63, 3.8) is 0 Å². The molecule has 23 heavy (non-hydrogen) atoms. The maximum Gasteiger partial charge on any atom is 0.121 e. The van der Waals surface area contributed by atoms with Gasteiger partial charge in [-0.3, -0.25) is 0 Å². The molecule has 1 aliphatic heterocycles. The van der Waals surface area contributed by atoms with Crippen molar-refractivity contribution in [1.29, 1.82) is 0 Å². The van der Waals surface area contributed by atoms with Gasteiger partial charge in [0.05, 0.1) is 23.5 Å². The monoisotopic (exact) mass is 305 g/mol. The minimum Gasteiger partial charge on any atom is -0.490 e. The van der Waals surface area contributed by atoms with Gasteiger partial charge in [0.25, 0.3) is 0 Å². The molecule has 1 N–H and O–H groups in total. The number of fused-ring (bicyclic) bond motifs is 1. The molecule has 1 saturated heterocycles. The molecule has 2 aliphatic rings. The van der Waals surface area contributed by atoms with Gasteiger partial charge in [-0.05, 0) is 37.1 Å². The van der Waals surface area contributed by atoms with Crippen molar-refractivity contribution >= 4 is 10.9 Å². The van der Waals surface area contributed by atoms with E-state index in [0.29, 0.717) is 11.5 Å². The standard InChI is InChI=1S/C19H19N3O/c1-2-4-15(5-3-1)22-18-8-16(7-6-14(18)11-21-22)23-17-9-19(10-17)12-20-13-19/h1-8,11,17,20H,9-10,12-13H2. The highest BCUT2D eigenvalue weighted by atomic mass is 16.5. The number of hydrogen-bond donors (Lipinski definition) is 1. The minimum absolute atomic E-state index is 0.364. The third kappa shape index (κ3) is 2.13. The molecule has 5 rings (SSSR count). The van der Waals surface area contributed by atoms with E-state index >= 15 is 0 Å². The average molecular weight is 305 g/mol. The Labute approximate surface area is 135 Å². The topological polar surface area (TPSA) is 39.1 Å². The first-order chi connectivity index (χ1) is 11.3. The predicted octanol–water partition coefficient (Wildman–Crippen LogP) is 3.16. The number of rotatable bonds is 3. The molecule has 0 radical (unpaired) electrons. The van der Waals surface area contributed by atoms with Gasteiger partial charge in [0, 0.05) is 30.0 Å². The summed E-state index contributed by atoms with van der Waals surface area (Å²) < 4.78 is 8.15. The van der Waals surface area contributed by atoms with Crippen molar-refractivity contribution in [2.24, 2.45) is 5.41 Å². The van der Waals surface area contributed by atoms with Crippen molar-refractivity contribution in [1.82, 2.24) is 15.1 Å². The molecule has 1 aromatic heterocycles. The number of aromatic nitrogens is 2. The lowest BCUT2D eigenvalue weighted by Crippen LogP contribution is -2.62. The molecular formula is C19H19N3O. The first-order valence-corrected chi connectivity index (χ1v) is 8.22. The molecule has 1 spiro atoms. The molecule has 0 unspecified atom stereocenters. The van der Waals surface area contributed by atoms with E-state index in [1.54, 1.807) is 0 Å². The highest BCUT2D eigenvalue weighted by Gasteiger charge is 2.49. The summed E-state index contributed by atoms with van der Waals surface area (Å²) in [5.41, 5.74) is 2.71. The summed E-state index contributed by atoms with van der Waals surface area (Å²) in [6.07, 6.45) is 4.62. The Hall–Kier alpha value is -2.33. The zero-order valence-corrected chi connectivity index (χ0v) is 12.9. The molecular weight excluding hydrogens is 286 g/mol. The minimum atomic E-state index is 0.364. The second-order valence-electron chi connectivity index (χ2n) is 6.86. The van der Waals surface area contributed by atoms with Gasteiger partial charge in [-0.15, -0.1) is 0 Å². The Morgan fingerprint density at radius 3 is 2.65 bits per heavy atom. The molecule has 1 saturated carbocycles. The highest BCUT2D eigenvalue weighted by Crippen LogP contribution is 2.45. The third-order valence-electron chi connectivity index (χ3n) is 5.17.